The second-order valence-corrected chi connectivity index (χ2v) is 5.91. The molecule has 3 nitrogen and oxygen atoms in total. The highest BCUT2D eigenvalue weighted by atomic mass is 16.2. The lowest BCUT2D eigenvalue weighted by molar-refractivity contribution is 0.231. The molecule has 0 aliphatic heterocycles. The molecule has 0 heterocycles. The van der Waals surface area contributed by atoms with Gasteiger partial charge in [0.25, 0.3) is 0 Å². The van der Waals surface area contributed by atoms with Gasteiger partial charge in [-0.3, -0.25) is 0 Å². The van der Waals surface area contributed by atoms with Crippen molar-refractivity contribution in [2.45, 2.75) is 76.8 Å². The summed E-state index contributed by atoms with van der Waals surface area (Å²) in [5.74, 6) is 0.833. The van der Waals surface area contributed by atoms with Crippen molar-refractivity contribution in [2.75, 3.05) is 0 Å². The molecule has 2 amide bonds. The van der Waals surface area contributed by atoms with Crippen molar-refractivity contribution < 1.29 is 4.79 Å². The lowest BCUT2D eigenvalue weighted by Crippen LogP contribution is -2.45. The lowest BCUT2D eigenvalue weighted by atomic mass is 10.0. The standard InChI is InChI=1S/C14H26N2O/c1-11-5-4-8-13(10-9-11)16-14(17)15-12-6-2-3-7-12/h11-13H,2-10H2,1H3,(H2,15,16,17). The molecule has 0 spiro atoms. The topological polar surface area (TPSA) is 41.1 Å². The van der Waals surface area contributed by atoms with Gasteiger partial charge in [-0.2, -0.15) is 0 Å². The fraction of sp³-hybridized carbons (Fsp3) is 0.929. The fourth-order valence-electron chi connectivity index (χ4n) is 3.11. The summed E-state index contributed by atoms with van der Waals surface area (Å²) >= 11 is 0. The molecule has 2 fully saturated rings. The maximum Gasteiger partial charge on any atom is 0.315 e. The molecule has 2 saturated carbocycles. The van der Waals surface area contributed by atoms with Crippen LogP contribution in [0.1, 0.15) is 64.7 Å². The van der Waals surface area contributed by atoms with Crippen LogP contribution >= 0.6 is 0 Å². The Hall–Kier alpha value is -0.730. The van der Waals surface area contributed by atoms with Gasteiger partial charge in [-0.15, -0.1) is 0 Å². The number of amides is 2. The first-order valence-electron chi connectivity index (χ1n) is 7.31. The van der Waals surface area contributed by atoms with Crippen molar-refractivity contribution in [1.29, 1.82) is 0 Å². The number of carbonyl (C=O) groups excluding carboxylic acids is 1. The number of carbonyl (C=O) groups is 1. The maximum atomic E-state index is 11.8. The molecule has 3 heteroatoms. The van der Waals surface area contributed by atoms with Crippen molar-refractivity contribution in [3.63, 3.8) is 0 Å². The predicted octanol–water partition coefficient (Wildman–Crippen LogP) is 3.20. The molecule has 0 aromatic carbocycles. The Bertz CT molecular complexity index is 249. The van der Waals surface area contributed by atoms with E-state index >= 15 is 0 Å². The summed E-state index contributed by atoms with van der Waals surface area (Å²) in [6, 6.07) is 0.900. The van der Waals surface area contributed by atoms with Crippen LogP contribution in [0.3, 0.4) is 0 Å². The van der Waals surface area contributed by atoms with Crippen molar-refractivity contribution in [3.05, 3.63) is 0 Å². The number of hydrogen-bond donors (Lipinski definition) is 2. The first kappa shape index (κ1) is 12.7. The van der Waals surface area contributed by atoms with Crippen LogP contribution in [0.5, 0.6) is 0 Å². The normalized spacial score (nSPS) is 30.9. The van der Waals surface area contributed by atoms with E-state index in [9.17, 15) is 4.79 Å². The van der Waals surface area contributed by atoms with Crippen LogP contribution in [-0.2, 0) is 0 Å². The summed E-state index contributed by atoms with van der Waals surface area (Å²) in [6.45, 7) is 2.32. The Balaban J connectivity index is 1.69. The third-order valence-electron chi connectivity index (χ3n) is 4.28. The molecule has 17 heavy (non-hydrogen) atoms. The van der Waals surface area contributed by atoms with Crippen LogP contribution in [0.15, 0.2) is 0 Å². The van der Waals surface area contributed by atoms with E-state index in [0.717, 1.165) is 31.6 Å². The van der Waals surface area contributed by atoms with E-state index < -0.39 is 0 Å². The molecule has 2 N–H and O–H groups in total. The Labute approximate surface area is 105 Å². The van der Waals surface area contributed by atoms with Crippen LogP contribution in [0.4, 0.5) is 4.79 Å². The smallest absolute Gasteiger partial charge is 0.315 e. The van der Waals surface area contributed by atoms with E-state index in [2.05, 4.69) is 17.6 Å². The molecule has 2 aliphatic carbocycles. The molecule has 98 valence electrons. The van der Waals surface area contributed by atoms with Crippen molar-refractivity contribution in [3.8, 4) is 0 Å². The minimum absolute atomic E-state index is 0.0662. The van der Waals surface area contributed by atoms with Crippen LogP contribution < -0.4 is 10.6 Å². The van der Waals surface area contributed by atoms with Crippen molar-refractivity contribution in [1.82, 2.24) is 10.6 Å². The molecule has 2 atom stereocenters. The molecule has 0 saturated heterocycles. The van der Waals surface area contributed by atoms with Crippen LogP contribution in [0, 0.1) is 5.92 Å². The zero-order valence-electron chi connectivity index (χ0n) is 11.0. The Morgan fingerprint density at radius 1 is 0.824 bits per heavy atom. The van der Waals surface area contributed by atoms with Crippen molar-refractivity contribution in [2.24, 2.45) is 5.92 Å². The van der Waals surface area contributed by atoms with E-state index in [4.69, 9.17) is 0 Å². The largest absolute Gasteiger partial charge is 0.335 e. The first-order valence-corrected chi connectivity index (χ1v) is 7.31. The fourth-order valence-corrected chi connectivity index (χ4v) is 3.11. The number of rotatable bonds is 2. The average Bonchev–Trinajstić information content (AvgIpc) is 2.70. The third kappa shape index (κ3) is 4.21. The molecule has 2 rings (SSSR count). The molecule has 0 aromatic heterocycles. The predicted molar refractivity (Wildman–Crippen MR) is 70.0 cm³/mol. The average molecular weight is 238 g/mol. The summed E-state index contributed by atoms with van der Waals surface area (Å²) in [6.07, 6.45) is 11.0. The number of urea groups is 1. The molecular weight excluding hydrogens is 212 g/mol. The van der Waals surface area contributed by atoms with Crippen molar-refractivity contribution >= 4 is 6.03 Å². The van der Waals surface area contributed by atoms with Gasteiger partial charge < -0.3 is 10.6 Å². The Morgan fingerprint density at radius 3 is 2.12 bits per heavy atom. The van der Waals surface area contributed by atoms with E-state index in [1.807, 2.05) is 0 Å². The second kappa shape index (κ2) is 6.27. The molecule has 2 unspecified atom stereocenters. The van der Waals surface area contributed by atoms with E-state index in [1.165, 1.54) is 32.1 Å². The number of nitrogens with one attached hydrogen (secondary N) is 2. The van der Waals surface area contributed by atoms with Gasteiger partial charge in [-0.25, -0.2) is 4.79 Å². The molecule has 2 aliphatic rings. The summed E-state index contributed by atoms with van der Waals surface area (Å²) in [5, 5.41) is 6.26. The van der Waals surface area contributed by atoms with Gasteiger partial charge in [0.05, 0.1) is 0 Å². The van der Waals surface area contributed by atoms with E-state index in [0.29, 0.717) is 12.1 Å². The molecule has 0 bridgehead atoms. The van der Waals surface area contributed by atoms with Gasteiger partial charge in [-0.1, -0.05) is 32.6 Å². The highest BCUT2D eigenvalue weighted by Gasteiger charge is 2.20. The zero-order valence-corrected chi connectivity index (χ0v) is 11.0. The quantitative estimate of drug-likeness (QED) is 0.713. The third-order valence-corrected chi connectivity index (χ3v) is 4.28. The van der Waals surface area contributed by atoms with Gasteiger partial charge in [0.15, 0.2) is 0 Å². The maximum absolute atomic E-state index is 11.8. The summed E-state index contributed by atoms with van der Waals surface area (Å²) < 4.78 is 0. The summed E-state index contributed by atoms with van der Waals surface area (Å²) in [4.78, 5) is 11.8. The van der Waals surface area contributed by atoms with Gasteiger partial charge in [0, 0.05) is 12.1 Å². The second-order valence-electron chi connectivity index (χ2n) is 5.91. The molecule has 0 aromatic rings. The monoisotopic (exact) mass is 238 g/mol. The molecule has 0 radical (unpaired) electrons. The Kier molecular flexibility index (Phi) is 4.69. The van der Waals surface area contributed by atoms with E-state index in [-0.39, 0.29) is 6.03 Å². The van der Waals surface area contributed by atoms with Gasteiger partial charge in [-0.05, 0) is 38.0 Å². The summed E-state index contributed by atoms with van der Waals surface area (Å²) in [5.41, 5.74) is 0. The minimum atomic E-state index is 0.0662. The SMILES string of the molecule is CC1CCCC(NC(=O)NC2CCCC2)CC1. The Morgan fingerprint density at radius 2 is 1.41 bits per heavy atom. The first-order chi connectivity index (χ1) is 8.24. The van der Waals surface area contributed by atoms with Crippen LogP contribution in [0.2, 0.25) is 0 Å². The minimum Gasteiger partial charge on any atom is -0.335 e. The van der Waals surface area contributed by atoms with Crippen LogP contribution in [0.25, 0.3) is 0 Å². The van der Waals surface area contributed by atoms with Gasteiger partial charge >= 0.3 is 6.03 Å². The van der Waals surface area contributed by atoms with Gasteiger partial charge in [0.2, 0.25) is 0 Å². The summed E-state index contributed by atoms with van der Waals surface area (Å²) in [7, 11) is 0. The highest BCUT2D eigenvalue weighted by molar-refractivity contribution is 5.74. The van der Waals surface area contributed by atoms with Gasteiger partial charge in [0.1, 0.15) is 0 Å². The highest BCUT2D eigenvalue weighted by Crippen LogP contribution is 2.22. The zero-order chi connectivity index (χ0) is 12.1. The lowest BCUT2D eigenvalue weighted by Gasteiger charge is -2.19. The van der Waals surface area contributed by atoms with Crippen LogP contribution in [-0.4, -0.2) is 18.1 Å². The molecular formula is C14H26N2O. The van der Waals surface area contributed by atoms with E-state index in [1.54, 1.807) is 0 Å². The number of hydrogen-bond acceptors (Lipinski definition) is 1.